The van der Waals surface area contributed by atoms with Crippen LogP contribution in [0.1, 0.15) is 21.9 Å². The van der Waals surface area contributed by atoms with Crippen LogP contribution < -0.4 is 14.8 Å². The summed E-state index contributed by atoms with van der Waals surface area (Å²) in [5, 5.41) is 7.80. The third kappa shape index (κ3) is 5.07. The Hall–Kier alpha value is -3.71. The second-order valence-electron chi connectivity index (χ2n) is 6.66. The Kier molecular flexibility index (Phi) is 6.24. The van der Waals surface area contributed by atoms with Gasteiger partial charge in [0.1, 0.15) is 12.4 Å². The molecular weight excluding hydrogens is 418 g/mol. The Labute approximate surface area is 184 Å². The normalized spacial score (nSPS) is 10.6. The van der Waals surface area contributed by atoms with Crippen molar-refractivity contribution in [2.75, 3.05) is 7.11 Å². The highest BCUT2D eigenvalue weighted by Gasteiger charge is 2.13. The molecule has 0 aliphatic heterocycles. The summed E-state index contributed by atoms with van der Waals surface area (Å²) >= 11 is 5.91. The van der Waals surface area contributed by atoms with Crippen LogP contribution in [0.15, 0.2) is 77.5 Å². The molecule has 0 radical (unpaired) electrons. The van der Waals surface area contributed by atoms with E-state index in [-0.39, 0.29) is 18.3 Å². The van der Waals surface area contributed by atoms with E-state index in [2.05, 4.69) is 10.4 Å². The minimum absolute atomic E-state index is 0.182. The van der Waals surface area contributed by atoms with Crippen LogP contribution in [0.5, 0.6) is 11.5 Å². The summed E-state index contributed by atoms with van der Waals surface area (Å²) in [5.41, 5.74) is 1.74. The first-order valence-electron chi connectivity index (χ1n) is 9.54. The van der Waals surface area contributed by atoms with Crippen molar-refractivity contribution in [1.29, 1.82) is 0 Å². The number of halogens is 1. The highest BCUT2D eigenvalue weighted by Crippen LogP contribution is 2.26. The third-order valence-electron chi connectivity index (χ3n) is 4.50. The van der Waals surface area contributed by atoms with Gasteiger partial charge >= 0.3 is 0 Å². The van der Waals surface area contributed by atoms with Crippen molar-refractivity contribution in [3.8, 4) is 17.2 Å². The number of carbonyl (C=O) groups is 1. The largest absolute Gasteiger partial charge is 0.493 e. The number of rotatable bonds is 8. The first-order valence-corrected chi connectivity index (χ1v) is 9.92. The van der Waals surface area contributed by atoms with E-state index in [1.807, 2.05) is 36.5 Å². The number of methoxy groups -OCH3 is 1. The molecule has 0 aliphatic rings. The van der Waals surface area contributed by atoms with Gasteiger partial charge in [-0.15, -0.1) is 0 Å². The molecular formula is C23H20ClN3O4. The molecule has 0 spiro atoms. The molecule has 0 bridgehead atoms. The molecule has 158 valence electrons. The first kappa shape index (κ1) is 20.6. The van der Waals surface area contributed by atoms with Crippen LogP contribution in [0, 0.1) is 0 Å². The quantitative estimate of drug-likeness (QED) is 0.434. The molecule has 2 aromatic carbocycles. The number of amides is 1. The van der Waals surface area contributed by atoms with Crippen molar-refractivity contribution in [2.45, 2.75) is 13.2 Å². The Morgan fingerprint density at radius 1 is 1.10 bits per heavy atom. The minimum atomic E-state index is -0.317. The second kappa shape index (κ2) is 9.40. The third-order valence-corrected chi connectivity index (χ3v) is 4.76. The van der Waals surface area contributed by atoms with Gasteiger partial charge in [-0.1, -0.05) is 23.7 Å². The average Bonchev–Trinajstić information content (AvgIpc) is 3.47. The number of nitrogens with zero attached hydrogens (tertiary/aromatic N) is 2. The molecule has 0 atom stereocenters. The fourth-order valence-corrected chi connectivity index (χ4v) is 3.05. The van der Waals surface area contributed by atoms with Gasteiger partial charge in [0.25, 0.3) is 5.91 Å². The van der Waals surface area contributed by atoms with Gasteiger partial charge < -0.3 is 19.2 Å². The van der Waals surface area contributed by atoms with Gasteiger partial charge in [-0.3, -0.25) is 4.79 Å². The van der Waals surface area contributed by atoms with Crippen LogP contribution in [0.25, 0.3) is 5.69 Å². The van der Waals surface area contributed by atoms with Gasteiger partial charge in [0.15, 0.2) is 17.3 Å². The number of benzene rings is 2. The molecule has 0 fully saturated rings. The molecule has 2 heterocycles. The summed E-state index contributed by atoms with van der Waals surface area (Å²) < 4.78 is 18.3. The maximum Gasteiger partial charge on any atom is 0.287 e. The molecule has 8 heteroatoms. The smallest absolute Gasteiger partial charge is 0.287 e. The van der Waals surface area contributed by atoms with Crippen molar-refractivity contribution in [2.24, 2.45) is 0 Å². The van der Waals surface area contributed by atoms with E-state index in [9.17, 15) is 4.79 Å². The number of carbonyl (C=O) groups excluding carboxylic acids is 1. The molecule has 4 aromatic rings. The number of hydrogen-bond donors (Lipinski definition) is 1. The van der Waals surface area contributed by atoms with Crippen LogP contribution >= 0.6 is 11.6 Å². The van der Waals surface area contributed by atoms with Crippen molar-refractivity contribution >= 4 is 17.5 Å². The number of hydrogen-bond acceptors (Lipinski definition) is 5. The Balaban J connectivity index is 1.31. The molecule has 31 heavy (non-hydrogen) atoms. The molecule has 7 nitrogen and oxygen atoms in total. The van der Waals surface area contributed by atoms with Crippen LogP contribution in [-0.4, -0.2) is 22.8 Å². The summed E-state index contributed by atoms with van der Waals surface area (Å²) in [6.07, 6.45) is 3.54. The number of para-hydroxylation sites is 2. The van der Waals surface area contributed by atoms with Gasteiger partial charge in [0, 0.05) is 23.3 Å². The van der Waals surface area contributed by atoms with Crippen LogP contribution in [0.2, 0.25) is 5.02 Å². The molecule has 1 amide bonds. The fraction of sp³-hybridized carbons (Fsp3) is 0.130. The standard InChI is InChI=1S/C23H20ClN3O4/c1-29-20-4-2-3-5-21(20)30-15-19-10-11-22(31-19)23(28)25-12-16-13-26-27(14-16)18-8-6-17(24)7-9-18/h2-11,13-14H,12,15H2,1H3,(H,25,28). The molecule has 4 rings (SSSR count). The number of aromatic nitrogens is 2. The van der Waals surface area contributed by atoms with E-state index < -0.39 is 0 Å². The summed E-state index contributed by atoms with van der Waals surface area (Å²) in [7, 11) is 1.58. The predicted molar refractivity (Wildman–Crippen MR) is 116 cm³/mol. The second-order valence-corrected chi connectivity index (χ2v) is 7.09. The van der Waals surface area contributed by atoms with Crippen LogP contribution in [0.3, 0.4) is 0 Å². The van der Waals surface area contributed by atoms with Crippen molar-refractivity contribution in [1.82, 2.24) is 15.1 Å². The topological polar surface area (TPSA) is 78.5 Å². The first-order chi connectivity index (χ1) is 15.1. The van der Waals surface area contributed by atoms with Gasteiger partial charge in [-0.2, -0.15) is 5.10 Å². The lowest BCUT2D eigenvalue weighted by Crippen LogP contribution is -2.22. The number of ether oxygens (including phenoxy) is 2. The molecule has 2 aromatic heterocycles. The number of nitrogens with one attached hydrogen (secondary N) is 1. The monoisotopic (exact) mass is 437 g/mol. The van der Waals surface area contributed by atoms with E-state index in [4.69, 9.17) is 25.5 Å². The minimum Gasteiger partial charge on any atom is -0.493 e. The van der Waals surface area contributed by atoms with E-state index in [0.29, 0.717) is 28.8 Å². The SMILES string of the molecule is COc1ccccc1OCc1ccc(C(=O)NCc2cnn(-c3ccc(Cl)cc3)c2)o1. The zero-order valence-corrected chi connectivity index (χ0v) is 17.5. The highest BCUT2D eigenvalue weighted by molar-refractivity contribution is 6.30. The zero-order valence-electron chi connectivity index (χ0n) is 16.7. The van der Waals surface area contributed by atoms with Crippen LogP contribution in [-0.2, 0) is 13.2 Å². The Morgan fingerprint density at radius 2 is 1.87 bits per heavy atom. The molecule has 0 saturated carbocycles. The maximum atomic E-state index is 12.4. The van der Waals surface area contributed by atoms with Crippen molar-refractivity contribution in [3.63, 3.8) is 0 Å². The van der Waals surface area contributed by atoms with E-state index in [1.165, 1.54) is 0 Å². The summed E-state index contributed by atoms with van der Waals surface area (Å²) in [5.74, 6) is 1.66. The highest BCUT2D eigenvalue weighted by atomic mass is 35.5. The lowest BCUT2D eigenvalue weighted by Gasteiger charge is -2.08. The van der Waals surface area contributed by atoms with Gasteiger partial charge in [-0.05, 0) is 48.5 Å². The Bertz CT molecular complexity index is 1170. The zero-order chi connectivity index (χ0) is 21.6. The van der Waals surface area contributed by atoms with Gasteiger partial charge in [0.2, 0.25) is 0 Å². The van der Waals surface area contributed by atoms with E-state index >= 15 is 0 Å². The lowest BCUT2D eigenvalue weighted by molar-refractivity contribution is 0.0919. The average molecular weight is 438 g/mol. The molecule has 0 unspecified atom stereocenters. The fourth-order valence-electron chi connectivity index (χ4n) is 2.92. The van der Waals surface area contributed by atoms with E-state index in [0.717, 1.165) is 11.3 Å². The molecule has 1 N–H and O–H groups in total. The van der Waals surface area contributed by atoms with Crippen molar-refractivity contribution in [3.05, 3.63) is 95.2 Å². The maximum absolute atomic E-state index is 12.4. The summed E-state index contributed by atoms with van der Waals surface area (Å²) in [4.78, 5) is 12.4. The number of furan rings is 1. The van der Waals surface area contributed by atoms with Crippen LogP contribution in [0.4, 0.5) is 0 Å². The summed E-state index contributed by atoms with van der Waals surface area (Å²) in [6.45, 7) is 0.502. The van der Waals surface area contributed by atoms with E-state index in [1.54, 1.807) is 48.3 Å². The van der Waals surface area contributed by atoms with Crippen molar-refractivity contribution < 1.29 is 18.7 Å². The predicted octanol–water partition coefficient (Wildman–Crippen LogP) is 4.64. The lowest BCUT2D eigenvalue weighted by atomic mass is 10.3. The molecule has 0 aliphatic carbocycles. The summed E-state index contributed by atoms with van der Waals surface area (Å²) in [6, 6.07) is 18.0. The molecule has 0 saturated heterocycles. The van der Waals surface area contributed by atoms with Gasteiger partial charge in [-0.25, -0.2) is 4.68 Å². The van der Waals surface area contributed by atoms with Gasteiger partial charge in [0.05, 0.1) is 19.0 Å². The Morgan fingerprint density at radius 3 is 2.65 bits per heavy atom.